The number of hydrogen-bond donors (Lipinski definition) is 2. The van der Waals surface area contributed by atoms with Crippen LogP contribution in [0.2, 0.25) is 10.0 Å². The standard InChI is InChI=1S/C38H41Cl2N5O7S/c1-38(47)20-45(21-38)16-22-11-13-31(41-35(22)50-2)29-10-6-9-28(33(29)40)25-7-5-8-27-26(25)12-14-32(27)52-37-30(39)15-23(36(42-37)51-3)17-44-18-24(19-44)34(46)43-53(4,48)49/h5-11,13,15,24,32,47H,12,14,16-21H2,1-4H3,(H,43,46)/t32-/m0/s1. The van der Waals surface area contributed by atoms with Crippen LogP contribution in [0.5, 0.6) is 17.6 Å². The van der Waals surface area contributed by atoms with Gasteiger partial charge >= 0.3 is 0 Å². The molecule has 1 atom stereocenters. The summed E-state index contributed by atoms with van der Waals surface area (Å²) in [5.41, 5.74) is 6.56. The minimum Gasteiger partial charge on any atom is -0.481 e. The Balaban J connectivity index is 1.07. The highest BCUT2D eigenvalue weighted by Crippen LogP contribution is 2.45. The Morgan fingerprint density at radius 3 is 2.28 bits per heavy atom. The second kappa shape index (κ2) is 14.7. The first kappa shape index (κ1) is 37.3. The number of β-amino-alcohol motifs (C(OH)–C–C–N with tert-alkyl or cyclic N) is 1. The molecule has 2 aromatic heterocycles. The monoisotopic (exact) mass is 781 g/mol. The topological polar surface area (TPSA) is 143 Å². The molecule has 4 aromatic rings. The average Bonchev–Trinajstić information content (AvgIpc) is 3.48. The first-order valence-electron chi connectivity index (χ1n) is 17.3. The molecule has 53 heavy (non-hydrogen) atoms. The minimum atomic E-state index is -3.61. The lowest BCUT2D eigenvalue weighted by Crippen LogP contribution is -2.59. The van der Waals surface area contributed by atoms with Crippen LogP contribution in [-0.4, -0.2) is 91.5 Å². The Hall–Kier alpha value is -3.98. The van der Waals surface area contributed by atoms with Crippen molar-refractivity contribution in [2.24, 2.45) is 5.92 Å². The number of fused-ring (bicyclic) bond motifs is 1. The second-order valence-electron chi connectivity index (χ2n) is 14.3. The molecular weight excluding hydrogens is 741 g/mol. The van der Waals surface area contributed by atoms with Gasteiger partial charge in [0.05, 0.1) is 42.7 Å². The summed E-state index contributed by atoms with van der Waals surface area (Å²) in [6, 6.07) is 17.8. The van der Waals surface area contributed by atoms with Crippen LogP contribution in [0.1, 0.15) is 41.7 Å². The van der Waals surface area contributed by atoms with Crippen molar-refractivity contribution < 1.29 is 32.5 Å². The van der Waals surface area contributed by atoms with Gasteiger partial charge in [0.2, 0.25) is 33.6 Å². The summed E-state index contributed by atoms with van der Waals surface area (Å²) in [4.78, 5) is 25.8. The molecule has 1 aliphatic carbocycles. The highest BCUT2D eigenvalue weighted by molar-refractivity contribution is 7.89. The van der Waals surface area contributed by atoms with Gasteiger partial charge in [-0.15, -0.1) is 0 Å². The molecule has 1 amide bonds. The summed E-state index contributed by atoms with van der Waals surface area (Å²) in [6.45, 7) is 4.89. The van der Waals surface area contributed by atoms with Crippen LogP contribution in [0, 0.1) is 5.92 Å². The number of aliphatic hydroxyl groups is 1. The molecule has 0 unspecified atom stereocenters. The van der Waals surface area contributed by atoms with E-state index < -0.39 is 27.4 Å². The predicted molar refractivity (Wildman–Crippen MR) is 202 cm³/mol. The molecule has 0 radical (unpaired) electrons. The van der Waals surface area contributed by atoms with Gasteiger partial charge in [0.1, 0.15) is 11.1 Å². The third-order valence-electron chi connectivity index (χ3n) is 9.87. The van der Waals surface area contributed by atoms with Crippen LogP contribution in [0.25, 0.3) is 22.4 Å². The largest absolute Gasteiger partial charge is 0.481 e. The molecule has 2 N–H and O–H groups in total. The summed E-state index contributed by atoms with van der Waals surface area (Å²) in [7, 11) is -0.475. The summed E-state index contributed by atoms with van der Waals surface area (Å²) in [5.74, 6) is 0.213. The third-order valence-corrected chi connectivity index (χ3v) is 11.1. The van der Waals surface area contributed by atoms with E-state index in [0.717, 1.165) is 51.6 Å². The molecule has 2 fully saturated rings. The average molecular weight is 783 g/mol. The van der Waals surface area contributed by atoms with Gasteiger partial charge in [0.25, 0.3) is 0 Å². The highest BCUT2D eigenvalue weighted by Gasteiger charge is 2.37. The predicted octanol–water partition coefficient (Wildman–Crippen LogP) is 5.28. The number of benzene rings is 2. The van der Waals surface area contributed by atoms with Gasteiger partial charge in [-0.1, -0.05) is 65.7 Å². The van der Waals surface area contributed by atoms with Crippen molar-refractivity contribution in [1.82, 2.24) is 24.5 Å². The van der Waals surface area contributed by atoms with E-state index in [1.54, 1.807) is 13.2 Å². The van der Waals surface area contributed by atoms with E-state index in [4.69, 9.17) is 42.4 Å². The Labute approximate surface area is 319 Å². The molecule has 0 bridgehead atoms. The molecule has 12 nitrogen and oxygen atoms in total. The SMILES string of the molecule is COc1nc(-c2cccc(-c3cccc4c3CC[C@@H]4Oc3nc(OC)c(CN4CC(C(=O)NS(C)(=O)=O)C4)cc3Cl)c2Cl)ccc1CN1CC(C)(O)C1. The number of nitrogens with one attached hydrogen (secondary N) is 1. The van der Waals surface area contributed by atoms with E-state index in [9.17, 15) is 18.3 Å². The number of hydrogen-bond acceptors (Lipinski definition) is 11. The quantitative estimate of drug-likeness (QED) is 0.194. The first-order valence-corrected chi connectivity index (χ1v) is 19.9. The number of aromatic nitrogens is 2. The number of likely N-dealkylation sites (tertiary alicyclic amines) is 2. The van der Waals surface area contributed by atoms with Gasteiger partial charge in [-0.05, 0) is 48.6 Å². The van der Waals surface area contributed by atoms with Crippen LogP contribution in [-0.2, 0) is 34.3 Å². The molecule has 4 heterocycles. The second-order valence-corrected chi connectivity index (χ2v) is 16.8. The number of amides is 1. The number of nitrogens with zero attached hydrogens (tertiary/aromatic N) is 4. The van der Waals surface area contributed by atoms with E-state index in [1.165, 1.54) is 7.11 Å². The first-order chi connectivity index (χ1) is 25.2. The van der Waals surface area contributed by atoms with Crippen LogP contribution >= 0.6 is 23.2 Å². The lowest BCUT2D eigenvalue weighted by Gasteiger charge is -2.44. The minimum absolute atomic E-state index is 0.257. The van der Waals surface area contributed by atoms with Crippen LogP contribution in [0.15, 0.2) is 54.6 Å². The zero-order valence-corrected chi connectivity index (χ0v) is 32.2. The summed E-state index contributed by atoms with van der Waals surface area (Å²) >= 11 is 13.9. The Kier molecular flexibility index (Phi) is 10.3. The molecular formula is C38H41Cl2N5O7S. The number of ether oxygens (including phenoxy) is 3. The van der Waals surface area contributed by atoms with Crippen molar-refractivity contribution in [1.29, 1.82) is 0 Å². The maximum absolute atomic E-state index is 12.2. The molecule has 2 saturated heterocycles. The molecule has 3 aliphatic rings. The van der Waals surface area contributed by atoms with Gasteiger partial charge in [-0.2, -0.15) is 4.98 Å². The maximum Gasteiger partial charge on any atom is 0.239 e. The molecule has 280 valence electrons. The van der Waals surface area contributed by atoms with E-state index in [-0.39, 0.29) is 12.0 Å². The van der Waals surface area contributed by atoms with Gasteiger partial charge in [-0.3, -0.25) is 19.3 Å². The van der Waals surface area contributed by atoms with Crippen molar-refractivity contribution >= 4 is 39.1 Å². The lowest BCUT2D eigenvalue weighted by molar-refractivity contribution is -0.128. The summed E-state index contributed by atoms with van der Waals surface area (Å²) in [6.07, 6.45) is 2.13. The van der Waals surface area contributed by atoms with Crippen molar-refractivity contribution in [3.8, 4) is 40.0 Å². The van der Waals surface area contributed by atoms with E-state index in [0.29, 0.717) is 73.2 Å². The maximum atomic E-state index is 12.2. The molecule has 2 aliphatic heterocycles. The Morgan fingerprint density at radius 2 is 1.58 bits per heavy atom. The highest BCUT2D eigenvalue weighted by atomic mass is 35.5. The molecule has 7 rings (SSSR count). The number of methoxy groups -OCH3 is 2. The Bertz CT molecular complexity index is 2170. The number of carbonyl (C=O) groups excluding carboxylic acids is 1. The number of carbonyl (C=O) groups is 1. The fourth-order valence-corrected chi connectivity index (χ4v) is 8.56. The van der Waals surface area contributed by atoms with Gasteiger partial charge in [0.15, 0.2) is 0 Å². The zero-order chi connectivity index (χ0) is 37.7. The smallest absolute Gasteiger partial charge is 0.239 e. The van der Waals surface area contributed by atoms with Crippen molar-refractivity contribution in [3.63, 3.8) is 0 Å². The molecule has 0 spiro atoms. The number of halogens is 2. The number of pyridine rings is 2. The van der Waals surface area contributed by atoms with Gasteiger partial charge in [-0.25, -0.2) is 13.4 Å². The van der Waals surface area contributed by atoms with Crippen molar-refractivity contribution in [3.05, 3.63) is 86.9 Å². The molecule has 2 aromatic carbocycles. The van der Waals surface area contributed by atoms with E-state index >= 15 is 0 Å². The summed E-state index contributed by atoms with van der Waals surface area (Å²) in [5, 5.41) is 11.1. The zero-order valence-electron chi connectivity index (χ0n) is 29.9. The fourth-order valence-electron chi connectivity index (χ4n) is 7.49. The molecule has 15 heteroatoms. The molecule has 0 saturated carbocycles. The number of rotatable bonds is 12. The fraction of sp³-hybridized carbons (Fsp3) is 0.395. The normalized spacial score (nSPS) is 18.5. The van der Waals surface area contributed by atoms with Gasteiger partial charge in [0, 0.05) is 61.5 Å². The van der Waals surface area contributed by atoms with E-state index in [2.05, 4.69) is 22.0 Å². The van der Waals surface area contributed by atoms with Crippen LogP contribution in [0.3, 0.4) is 0 Å². The van der Waals surface area contributed by atoms with Gasteiger partial charge < -0.3 is 19.3 Å². The Morgan fingerprint density at radius 1 is 0.925 bits per heavy atom. The summed E-state index contributed by atoms with van der Waals surface area (Å²) < 4.78 is 42.6. The van der Waals surface area contributed by atoms with Crippen molar-refractivity contribution in [2.75, 3.05) is 46.7 Å². The van der Waals surface area contributed by atoms with Crippen molar-refractivity contribution in [2.45, 2.75) is 44.6 Å². The van der Waals surface area contributed by atoms with E-state index in [1.807, 2.05) is 52.9 Å². The van der Waals surface area contributed by atoms with Crippen LogP contribution in [0.4, 0.5) is 0 Å². The number of sulfonamides is 1. The van der Waals surface area contributed by atoms with Crippen LogP contribution < -0.4 is 18.9 Å². The lowest BCUT2D eigenvalue weighted by atomic mass is 9.94. The third kappa shape index (κ3) is 7.96.